The Morgan fingerprint density at radius 3 is 1.82 bits per heavy atom. The van der Waals surface area contributed by atoms with Gasteiger partial charge in [0.1, 0.15) is 5.82 Å². The van der Waals surface area contributed by atoms with E-state index in [1.165, 1.54) is 24.3 Å². The van der Waals surface area contributed by atoms with Gasteiger partial charge in [-0.05, 0) is 62.4 Å². The van der Waals surface area contributed by atoms with Crippen molar-refractivity contribution < 1.29 is 23.5 Å². The second-order valence-electron chi connectivity index (χ2n) is 6.13. The Labute approximate surface area is 166 Å². The Kier molecular flexibility index (Phi) is 8.01. The van der Waals surface area contributed by atoms with Gasteiger partial charge in [-0.15, -0.1) is 11.8 Å². The molecule has 0 saturated heterocycles. The van der Waals surface area contributed by atoms with Crippen molar-refractivity contribution in [1.29, 1.82) is 0 Å². The molecule has 0 saturated carbocycles. The lowest BCUT2D eigenvalue weighted by Gasteiger charge is -2.09. The summed E-state index contributed by atoms with van der Waals surface area (Å²) in [7, 11) is 0. The molecule has 28 heavy (non-hydrogen) atoms. The van der Waals surface area contributed by atoms with Gasteiger partial charge in [-0.3, -0.25) is 9.59 Å². The number of esters is 1. The number of halogens is 1. The second kappa shape index (κ2) is 10.5. The van der Waals surface area contributed by atoms with E-state index in [1.54, 1.807) is 38.1 Å². The van der Waals surface area contributed by atoms with Crippen LogP contribution in [0.15, 0.2) is 48.5 Å². The van der Waals surface area contributed by atoms with E-state index < -0.39 is 5.97 Å². The van der Waals surface area contributed by atoms with Gasteiger partial charge < -0.3 is 15.4 Å². The summed E-state index contributed by atoms with van der Waals surface area (Å²) in [6.45, 7) is 3.54. The Hall–Kier alpha value is -2.87. The van der Waals surface area contributed by atoms with Crippen LogP contribution in [0.5, 0.6) is 0 Å². The predicted octanol–water partition coefficient (Wildman–Crippen LogP) is 3.70. The van der Waals surface area contributed by atoms with E-state index in [0.717, 1.165) is 11.8 Å². The number of carbonyl (C=O) groups is 3. The van der Waals surface area contributed by atoms with E-state index >= 15 is 0 Å². The number of anilines is 2. The fraction of sp³-hybridized carbons (Fsp3) is 0.250. The third-order valence-electron chi connectivity index (χ3n) is 3.34. The summed E-state index contributed by atoms with van der Waals surface area (Å²) in [6.07, 6.45) is -0.204. The summed E-state index contributed by atoms with van der Waals surface area (Å²) in [5, 5.41) is 5.31. The molecule has 2 aromatic carbocycles. The minimum absolute atomic E-state index is 0.0881. The molecular weight excluding hydrogens is 383 g/mol. The molecule has 2 aromatic rings. The summed E-state index contributed by atoms with van der Waals surface area (Å²) in [5.41, 5.74) is 1.44. The van der Waals surface area contributed by atoms with E-state index in [4.69, 9.17) is 4.74 Å². The largest absolute Gasteiger partial charge is 0.459 e. The highest BCUT2D eigenvalue weighted by Gasteiger charge is 2.10. The van der Waals surface area contributed by atoms with Crippen molar-refractivity contribution in [2.24, 2.45) is 0 Å². The van der Waals surface area contributed by atoms with E-state index in [0.29, 0.717) is 16.9 Å². The number of ether oxygens (including phenoxy) is 1. The molecule has 0 fully saturated rings. The van der Waals surface area contributed by atoms with E-state index in [1.807, 2.05) is 0 Å². The summed E-state index contributed by atoms with van der Waals surface area (Å²) in [6, 6.07) is 11.8. The number of hydrogen-bond acceptors (Lipinski definition) is 5. The first-order valence-corrected chi connectivity index (χ1v) is 9.73. The van der Waals surface area contributed by atoms with E-state index in [9.17, 15) is 18.8 Å². The molecule has 0 aliphatic carbocycles. The molecule has 6 nitrogen and oxygen atoms in total. The quantitative estimate of drug-likeness (QED) is 0.656. The van der Waals surface area contributed by atoms with Crippen LogP contribution in [0.2, 0.25) is 0 Å². The molecule has 2 rings (SSSR count). The zero-order valence-corrected chi connectivity index (χ0v) is 16.3. The van der Waals surface area contributed by atoms with E-state index in [-0.39, 0.29) is 35.2 Å². The SMILES string of the molecule is CC(C)OC(=O)c1ccc(NC(=O)CSCC(=O)Nc2ccc(F)cc2)cc1. The minimum Gasteiger partial charge on any atom is -0.459 e. The molecule has 0 aliphatic rings. The van der Waals surface area contributed by atoms with Crippen LogP contribution >= 0.6 is 11.8 Å². The molecule has 0 atom stereocenters. The Bertz CT molecular complexity index is 823. The summed E-state index contributed by atoms with van der Waals surface area (Å²) in [4.78, 5) is 35.5. The second-order valence-corrected chi connectivity index (χ2v) is 7.11. The van der Waals surface area contributed by atoms with Crippen LogP contribution in [0.3, 0.4) is 0 Å². The average molecular weight is 404 g/mol. The molecule has 0 spiro atoms. The number of benzene rings is 2. The molecular formula is C20H21FN2O4S. The molecule has 2 amide bonds. The lowest BCUT2D eigenvalue weighted by atomic mass is 10.2. The topological polar surface area (TPSA) is 84.5 Å². The van der Waals surface area contributed by atoms with Crippen LogP contribution in [0, 0.1) is 5.82 Å². The number of hydrogen-bond donors (Lipinski definition) is 2. The van der Waals surface area contributed by atoms with Gasteiger partial charge in [-0.2, -0.15) is 0 Å². The van der Waals surface area contributed by atoms with Crippen molar-refractivity contribution in [3.8, 4) is 0 Å². The predicted molar refractivity (Wildman–Crippen MR) is 108 cm³/mol. The first-order valence-electron chi connectivity index (χ1n) is 8.57. The van der Waals surface area contributed by atoms with Crippen molar-refractivity contribution in [3.63, 3.8) is 0 Å². The van der Waals surface area contributed by atoms with Gasteiger partial charge >= 0.3 is 5.97 Å². The fourth-order valence-corrected chi connectivity index (χ4v) is 2.75. The molecule has 148 valence electrons. The minimum atomic E-state index is -0.421. The van der Waals surface area contributed by atoms with Crippen LogP contribution < -0.4 is 10.6 Å². The van der Waals surface area contributed by atoms with Gasteiger partial charge in [0.2, 0.25) is 11.8 Å². The maximum Gasteiger partial charge on any atom is 0.338 e. The van der Waals surface area contributed by atoms with Gasteiger partial charge in [-0.1, -0.05) is 0 Å². The Balaban J connectivity index is 1.72. The molecule has 2 N–H and O–H groups in total. The molecule has 0 unspecified atom stereocenters. The van der Waals surface area contributed by atoms with Crippen LogP contribution in [0.4, 0.5) is 15.8 Å². The highest BCUT2D eigenvalue weighted by Crippen LogP contribution is 2.13. The van der Waals surface area contributed by atoms with Crippen molar-refractivity contribution in [2.75, 3.05) is 22.1 Å². The lowest BCUT2D eigenvalue weighted by Crippen LogP contribution is -2.18. The standard InChI is InChI=1S/C20H21FN2O4S/c1-13(2)27-20(26)14-3-7-16(8-4-14)22-18(24)11-28-12-19(25)23-17-9-5-15(21)6-10-17/h3-10,13H,11-12H2,1-2H3,(H,22,24)(H,23,25). The maximum atomic E-state index is 12.8. The van der Waals surface area contributed by atoms with Gasteiger partial charge in [0.05, 0.1) is 23.2 Å². The summed E-state index contributed by atoms with van der Waals surface area (Å²) < 4.78 is 17.9. The molecule has 0 heterocycles. The molecule has 0 aromatic heterocycles. The van der Waals surface area contributed by atoms with Crippen molar-refractivity contribution in [1.82, 2.24) is 0 Å². The van der Waals surface area contributed by atoms with Gasteiger partial charge in [-0.25, -0.2) is 9.18 Å². The number of nitrogens with one attached hydrogen (secondary N) is 2. The Morgan fingerprint density at radius 1 is 0.893 bits per heavy atom. The zero-order chi connectivity index (χ0) is 20.5. The first-order chi connectivity index (χ1) is 13.3. The van der Waals surface area contributed by atoms with Gasteiger partial charge in [0.15, 0.2) is 0 Å². The third-order valence-corrected chi connectivity index (χ3v) is 4.27. The summed E-state index contributed by atoms with van der Waals surface area (Å²) >= 11 is 1.15. The molecule has 8 heteroatoms. The maximum absolute atomic E-state index is 12.8. The van der Waals surface area contributed by atoms with Crippen LogP contribution in [-0.4, -0.2) is 35.4 Å². The van der Waals surface area contributed by atoms with Gasteiger partial charge in [0, 0.05) is 11.4 Å². The van der Waals surface area contributed by atoms with Crippen molar-refractivity contribution in [2.45, 2.75) is 20.0 Å². The van der Waals surface area contributed by atoms with Crippen molar-refractivity contribution >= 4 is 40.9 Å². The fourth-order valence-electron chi connectivity index (χ4n) is 2.14. The highest BCUT2D eigenvalue weighted by molar-refractivity contribution is 8.00. The average Bonchev–Trinajstić information content (AvgIpc) is 2.63. The van der Waals surface area contributed by atoms with Crippen LogP contribution in [0.25, 0.3) is 0 Å². The van der Waals surface area contributed by atoms with E-state index in [2.05, 4.69) is 10.6 Å². The Morgan fingerprint density at radius 2 is 1.36 bits per heavy atom. The smallest absolute Gasteiger partial charge is 0.338 e. The van der Waals surface area contributed by atoms with Crippen LogP contribution in [-0.2, 0) is 14.3 Å². The van der Waals surface area contributed by atoms with Gasteiger partial charge in [0.25, 0.3) is 0 Å². The van der Waals surface area contributed by atoms with Crippen molar-refractivity contribution in [3.05, 3.63) is 59.9 Å². The molecule has 0 bridgehead atoms. The first kappa shape index (κ1) is 21.4. The third kappa shape index (κ3) is 7.40. The molecule has 0 radical (unpaired) electrons. The highest BCUT2D eigenvalue weighted by atomic mass is 32.2. The summed E-state index contributed by atoms with van der Waals surface area (Å²) in [5.74, 6) is -1.17. The van der Waals surface area contributed by atoms with Crippen LogP contribution in [0.1, 0.15) is 24.2 Å². The monoisotopic (exact) mass is 404 g/mol. The zero-order valence-electron chi connectivity index (χ0n) is 15.5. The number of rotatable bonds is 8. The normalized spacial score (nSPS) is 10.4. The lowest BCUT2D eigenvalue weighted by molar-refractivity contribution is -0.114. The molecule has 0 aliphatic heterocycles. The number of amides is 2. The number of thioether (sulfide) groups is 1. The number of carbonyl (C=O) groups excluding carboxylic acids is 3.